The standard InChI is InChI=1S/C17H27N3O/c1-17(2,13-20(3)15-10-7-11-18-12-15)16(21)19-14-8-5-4-6-9-14/h4-6,8-9,15,18H,7,10-13H2,1-3H3,(H,19,21). The van der Waals surface area contributed by atoms with E-state index >= 15 is 0 Å². The van der Waals surface area contributed by atoms with Gasteiger partial charge in [-0.2, -0.15) is 0 Å². The predicted molar refractivity (Wildman–Crippen MR) is 87.4 cm³/mol. The zero-order valence-corrected chi connectivity index (χ0v) is 13.4. The minimum atomic E-state index is -0.415. The Morgan fingerprint density at radius 3 is 2.71 bits per heavy atom. The number of carbonyl (C=O) groups excluding carboxylic acids is 1. The number of para-hydroxylation sites is 1. The van der Waals surface area contributed by atoms with Crippen molar-refractivity contribution < 1.29 is 4.79 Å². The Hall–Kier alpha value is -1.39. The third-order valence-electron chi connectivity index (χ3n) is 4.19. The van der Waals surface area contributed by atoms with Crippen molar-refractivity contribution in [3.8, 4) is 0 Å². The number of amides is 1. The molecule has 1 aliphatic rings. The molecule has 1 unspecified atom stereocenters. The topological polar surface area (TPSA) is 44.4 Å². The number of hydrogen-bond donors (Lipinski definition) is 2. The van der Waals surface area contributed by atoms with Crippen LogP contribution in [0.25, 0.3) is 0 Å². The number of nitrogens with zero attached hydrogens (tertiary/aromatic N) is 1. The number of nitrogens with one attached hydrogen (secondary N) is 2. The van der Waals surface area contributed by atoms with Crippen molar-refractivity contribution in [2.24, 2.45) is 5.41 Å². The molecule has 2 N–H and O–H groups in total. The lowest BCUT2D eigenvalue weighted by Gasteiger charge is -2.36. The van der Waals surface area contributed by atoms with Gasteiger partial charge in [-0.15, -0.1) is 0 Å². The maximum Gasteiger partial charge on any atom is 0.231 e. The molecule has 0 saturated carbocycles. The molecule has 0 aromatic heterocycles. The number of anilines is 1. The zero-order valence-electron chi connectivity index (χ0n) is 13.4. The van der Waals surface area contributed by atoms with Crippen LogP contribution in [0.4, 0.5) is 5.69 Å². The maximum absolute atomic E-state index is 12.5. The zero-order chi connectivity index (χ0) is 15.3. The van der Waals surface area contributed by atoms with Crippen LogP contribution in [-0.2, 0) is 4.79 Å². The van der Waals surface area contributed by atoms with Crippen LogP contribution < -0.4 is 10.6 Å². The summed E-state index contributed by atoms with van der Waals surface area (Å²) >= 11 is 0. The van der Waals surface area contributed by atoms with Gasteiger partial charge in [-0.05, 0) is 52.4 Å². The second kappa shape index (κ2) is 7.05. The fraction of sp³-hybridized carbons (Fsp3) is 0.588. The monoisotopic (exact) mass is 289 g/mol. The Balaban J connectivity index is 1.91. The summed E-state index contributed by atoms with van der Waals surface area (Å²) in [6.45, 7) is 6.92. The highest BCUT2D eigenvalue weighted by atomic mass is 16.2. The Bertz CT molecular complexity index is 452. The highest BCUT2D eigenvalue weighted by Crippen LogP contribution is 2.22. The molecular weight excluding hydrogens is 262 g/mol. The molecule has 0 aliphatic carbocycles. The number of rotatable bonds is 5. The molecule has 4 heteroatoms. The van der Waals surface area contributed by atoms with E-state index in [9.17, 15) is 4.79 Å². The van der Waals surface area contributed by atoms with E-state index in [1.807, 2.05) is 44.2 Å². The molecule has 1 aromatic carbocycles. The number of likely N-dealkylation sites (N-methyl/N-ethyl adjacent to an activating group) is 1. The summed E-state index contributed by atoms with van der Waals surface area (Å²) in [6, 6.07) is 10.2. The van der Waals surface area contributed by atoms with Gasteiger partial charge in [-0.25, -0.2) is 0 Å². The molecule has 0 spiro atoms. The van der Waals surface area contributed by atoms with Crippen molar-refractivity contribution in [1.82, 2.24) is 10.2 Å². The third-order valence-corrected chi connectivity index (χ3v) is 4.19. The van der Waals surface area contributed by atoms with Crippen molar-refractivity contribution in [3.63, 3.8) is 0 Å². The molecule has 21 heavy (non-hydrogen) atoms. The van der Waals surface area contributed by atoms with Gasteiger partial charge < -0.3 is 15.5 Å². The van der Waals surface area contributed by atoms with Gasteiger partial charge in [-0.1, -0.05) is 18.2 Å². The molecule has 1 fully saturated rings. The number of hydrogen-bond acceptors (Lipinski definition) is 3. The lowest BCUT2D eigenvalue weighted by atomic mass is 9.90. The van der Waals surface area contributed by atoms with Gasteiger partial charge >= 0.3 is 0 Å². The highest BCUT2D eigenvalue weighted by molar-refractivity contribution is 5.94. The molecular formula is C17H27N3O. The van der Waals surface area contributed by atoms with Gasteiger partial charge in [0.25, 0.3) is 0 Å². The van der Waals surface area contributed by atoms with Gasteiger partial charge in [0.2, 0.25) is 5.91 Å². The van der Waals surface area contributed by atoms with Crippen LogP contribution in [0.1, 0.15) is 26.7 Å². The van der Waals surface area contributed by atoms with E-state index in [0.717, 1.165) is 25.3 Å². The quantitative estimate of drug-likeness (QED) is 0.874. The van der Waals surface area contributed by atoms with Crippen LogP contribution in [0, 0.1) is 5.41 Å². The molecule has 1 aromatic rings. The smallest absolute Gasteiger partial charge is 0.231 e. The fourth-order valence-corrected chi connectivity index (χ4v) is 2.86. The van der Waals surface area contributed by atoms with E-state index in [1.165, 1.54) is 12.8 Å². The van der Waals surface area contributed by atoms with Gasteiger partial charge in [0.05, 0.1) is 5.41 Å². The summed E-state index contributed by atoms with van der Waals surface area (Å²) in [7, 11) is 2.12. The summed E-state index contributed by atoms with van der Waals surface area (Å²) in [4.78, 5) is 14.8. The Kier molecular flexibility index (Phi) is 5.37. The maximum atomic E-state index is 12.5. The first-order valence-corrected chi connectivity index (χ1v) is 7.76. The largest absolute Gasteiger partial charge is 0.326 e. The SMILES string of the molecule is CN(CC(C)(C)C(=O)Nc1ccccc1)C1CCCNC1. The van der Waals surface area contributed by atoms with Gasteiger partial charge in [-0.3, -0.25) is 4.79 Å². The molecule has 1 aliphatic heterocycles. The summed E-state index contributed by atoms with van der Waals surface area (Å²) in [5, 5.41) is 6.44. The van der Waals surface area contributed by atoms with Gasteiger partial charge in [0, 0.05) is 24.8 Å². The average molecular weight is 289 g/mol. The van der Waals surface area contributed by atoms with Crippen molar-refractivity contribution in [2.45, 2.75) is 32.7 Å². The molecule has 0 radical (unpaired) electrons. The summed E-state index contributed by atoms with van der Waals surface area (Å²) in [5.74, 6) is 0.0734. The second-order valence-electron chi connectivity index (χ2n) is 6.62. The van der Waals surface area contributed by atoms with E-state index in [4.69, 9.17) is 0 Å². The van der Waals surface area contributed by atoms with E-state index in [0.29, 0.717) is 6.04 Å². The van der Waals surface area contributed by atoms with Crippen LogP contribution in [0.3, 0.4) is 0 Å². The van der Waals surface area contributed by atoms with Crippen molar-refractivity contribution >= 4 is 11.6 Å². The molecule has 4 nitrogen and oxygen atoms in total. The Morgan fingerprint density at radius 1 is 1.38 bits per heavy atom. The minimum Gasteiger partial charge on any atom is -0.326 e. The molecule has 116 valence electrons. The van der Waals surface area contributed by atoms with Crippen LogP contribution in [0.2, 0.25) is 0 Å². The van der Waals surface area contributed by atoms with Crippen LogP contribution in [0.5, 0.6) is 0 Å². The third kappa shape index (κ3) is 4.55. The molecule has 0 bridgehead atoms. The van der Waals surface area contributed by atoms with Crippen LogP contribution in [-0.4, -0.2) is 43.5 Å². The van der Waals surface area contributed by atoms with Gasteiger partial charge in [0.15, 0.2) is 0 Å². The van der Waals surface area contributed by atoms with Crippen molar-refractivity contribution in [1.29, 1.82) is 0 Å². The highest BCUT2D eigenvalue weighted by Gasteiger charge is 2.31. The van der Waals surface area contributed by atoms with E-state index in [2.05, 4.69) is 22.6 Å². The second-order valence-corrected chi connectivity index (χ2v) is 6.62. The number of benzene rings is 1. The first-order valence-electron chi connectivity index (χ1n) is 7.76. The fourth-order valence-electron chi connectivity index (χ4n) is 2.86. The van der Waals surface area contributed by atoms with E-state index in [1.54, 1.807) is 0 Å². The molecule has 2 rings (SSSR count). The molecule has 1 heterocycles. The molecule has 1 atom stereocenters. The summed E-state index contributed by atoms with van der Waals surface area (Å²) < 4.78 is 0. The first-order chi connectivity index (χ1) is 9.99. The lowest BCUT2D eigenvalue weighted by molar-refractivity contribution is -0.125. The summed E-state index contributed by atoms with van der Waals surface area (Å²) in [5.41, 5.74) is 0.444. The first kappa shape index (κ1) is 16.0. The average Bonchev–Trinajstić information content (AvgIpc) is 2.48. The molecule has 1 saturated heterocycles. The van der Waals surface area contributed by atoms with Crippen molar-refractivity contribution in [3.05, 3.63) is 30.3 Å². The van der Waals surface area contributed by atoms with Crippen molar-refractivity contribution in [2.75, 3.05) is 32.0 Å². The molecule has 1 amide bonds. The van der Waals surface area contributed by atoms with Crippen LogP contribution >= 0.6 is 0 Å². The van der Waals surface area contributed by atoms with Crippen LogP contribution in [0.15, 0.2) is 30.3 Å². The summed E-state index contributed by atoms with van der Waals surface area (Å²) in [6.07, 6.45) is 2.42. The minimum absolute atomic E-state index is 0.0734. The van der Waals surface area contributed by atoms with Gasteiger partial charge in [0.1, 0.15) is 0 Å². The van der Waals surface area contributed by atoms with E-state index in [-0.39, 0.29) is 5.91 Å². The Morgan fingerprint density at radius 2 is 2.10 bits per heavy atom. The number of carbonyl (C=O) groups is 1. The predicted octanol–water partition coefficient (Wildman–Crippen LogP) is 2.34. The normalized spacial score (nSPS) is 19.5. The lowest BCUT2D eigenvalue weighted by Crippen LogP contribution is -2.49. The number of piperidine rings is 1. The Labute approximate surface area is 127 Å². The van der Waals surface area contributed by atoms with E-state index < -0.39 is 5.41 Å².